The summed E-state index contributed by atoms with van der Waals surface area (Å²) in [5.74, 6) is -0.109. The molecule has 0 radical (unpaired) electrons. The van der Waals surface area contributed by atoms with Crippen molar-refractivity contribution in [2.45, 2.75) is 13.5 Å². The van der Waals surface area contributed by atoms with Gasteiger partial charge in [-0.05, 0) is 13.0 Å². The number of carbonyl (C=O) groups excluding carboxylic acids is 1. The molecular weight excluding hydrogens is 230 g/mol. The molecule has 0 aliphatic heterocycles. The van der Waals surface area contributed by atoms with E-state index in [0.29, 0.717) is 29.3 Å². The van der Waals surface area contributed by atoms with Gasteiger partial charge >= 0.3 is 0 Å². The van der Waals surface area contributed by atoms with Crippen molar-refractivity contribution >= 4 is 18.9 Å². The van der Waals surface area contributed by atoms with Crippen LogP contribution in [0.25, 0.3) is 12.7 Å². The molecule has 1 heterocycles. The first-order valence-corrected chi connectivity index (χ1v) is 5.48. The van der Waals surface area contributed by atoms with E-state index in [4.69, 9.17) is 4.74 Å². The summed E-state index contributed by atoms with van der Waals surface area (Å²) >= 11 is 0. The van der Waals surface area contributed by atoms with Crippen LogP contribution in [0.5, 0.6) is 0 Å². The Morgan fingerprint density at radius 3 is 2.72 bits per heavy atom. The summed E-state index contributed by atoms with van der Waals surface area (Å²) in [4.78, 5) is 11.1. The summed E-state index contributed by atoms with van der Waals surface area (Å²) in [6.07, 6.45) is 3.55. The summed E-state index contributed by atoms with van der Waals surface area (Å²) in [7, 11) is 0. The van der Waals surface area contributed by atoms with Gasteiger partial charge in [-0.25, -0.2) is 0 Å². The van der Waals surface area contributed by atoms with Gasteiger partial charge in [0, 0.05) is 21.8 Å². The predicted molar refractivity (Wildman–Crippen MR) is 71.7 cm³/mol. The van der Waals surface area contributed by atoms with E-state index >= 15 is 0 Å². The van der Waals surface area contributed by atoms with Crippen LogP contribution in [0.15, 0.2) is 25.2 Å². The van der Waals surface area contributed by atoms with Crippen LogP contribution in [-0.4, -0.2) is 22.6 Å². The number of aromatic nitrogens is 1. The molecule has 0 aliphatic rings. The molecule has 1 rings (SSSR count). The molecule has 1 N–H and O–H groups in total. The number of aliphatic hydroxyl groups is 1. The van der Waals surface area contributed by atoms with Gasteiger partial charge in [0.1, 0.15) is 12.4 Å². The highest BCUT2D eigenvalue weighted by Crippen LogP contribution is 1.99. The largest absolute Gasteiger partial charge is 0.509 e. The number of hydrogen-bond acceptors (Lipinski definition) is 3. The zero-order valence-electron chi connectivity index (χ0n) is 10.5. The van der Waals surface area contributed by atoms with Crippen molar-refractivity contribution in [2.75, 3.05) is 6.61 Å². The number of aldehydes is 1. The van der Waals surface area contributed by atoms with Gasteiger partial charge in [0.2, 0.25) is 0 Å². The fourth-order valence-electron chi connectivity index (χ4n) is 1.85. The zero-order valence-corrected chi connectivity index (χ0v) is 10.5. The molecule has 0 aromatic carbocycles. The molecule has 4 heteroatoms. The van der Waals surface area contributed by atoms with E-state index in [1.165, 1.54) is 12.3 Å². The molecular formula is C14H17NO3. The molecule has 96 valence electrons. The molecule has 0 bridgehead atoms. The van der Waals surface area contributed by atoms with E-state index < -0.39 is 0 Å². The lowest BCUT2D eigenvalue weighted by Crippen LogP contribution is -2.30. The summed E-state index contributed by atoms with van der Waals surface area (Å²) in [5, 5.41) is 10.5. The third kappa shape index (κ3) is 2.71. The number of rotatable bonds is 6. The quantitative estimate of drug-likeness (QED) is 0.464. The van der Waals surface area contributed by atoms with E-state index in [-0.39, 0.29) is 5.76 Å². The van der Waals surface area contributed by atoms with Crippen molar-refractivity contribution in [3.05, 3.63) is 47.0 Å². The molecule has 1 aromatic heterocycles. The molecule has 0 saturated carbocycles. The van der Waals surface area contributed by atoms with Crippen LogP contribution in [0.3, 0.4) is 0 Å². The Morgan fingerprint density at radius 2 is 2.22 bits per heavy atom. The van der Waals surface area contributed by atoms with Crippen molar-refractivity contribution in [3.63, 3.8) is 0 Å². The van der Waals surface area contributed by atoms with Crippen LogP contribution >= 0.6 is 0 Å². The SMILES string of the molecule is C=COCCn1c(C)c(C=O)/c(=C/C(=C)O)c1=C. The smallest absolute Gasteiger partial charge is 0.152 e. The van der Waals surface area contributed by atoms with Gasteiger partial charge in [-0.1, -0.05) is 19.7 Å². The van der Waals surface area contributed by atoms with Gasteiger partial charge < -0.3 is 14.4 Å². The fourth-order valence-corrected chi connectivity index (χ4v) is 1.85. The number of aliphatic hydroxyl groups excluding tert-OH is 1. The minimum atomic E-state index is -0.109. The van der Waals surface area contributed by atoms with Crippen molar-refractivity contribution in [1.29, 1.82) is 0 Å². The van der Waals surface area contributed by atoms with Crippen LogP contribution in [0, 0.1) is 6.92 Å². The van der Waals surface area contributed by atoms with Crippen LogP contribution in [0.2, 0.25) is 0 Å². The summed E-state index contributed by atoms with van der Waals surface area (Å²) < 4.78 is 6.92. The molecule has 4 nitrogen and oxygen atoms in total. The minimum Gasteiger partial charge on any atom is -0.509 e. The lowest BCUT2D eigenvalue weighted by atomic mass is 10.2. The Kier molecular flexibility index (Phi) is 4.54. The highest BCUT2D eigenvalue weighted by molar-refractivity contribution is 5.78. The van der Waals surface area contributed by atoms with Gasteiger partial charge in [-0.15, -0.1) is 0 Å². The second-order valence-electron chi connectivity index (χ2n) is 3.80. The van der Waals surface area contributed by atoms with Crippen LogP contribution in [-0.2, 0) is 11.3 Å². The Balaban J connectivity index is 3.34. The number of ether oxygens (including phenoxy) is 1. The fraction of sp³-hybridized carbons (Fsp3) is 0.214. The zero-order chi connectivity index (χ0) is 13.7. The third-order valence-corrected chi connectivity index (χ3v) is 2.70. The molecule has 0 atom stereocenters. The first-order valence-electron chi connectivity index (χ1n) is 5.48. The first kappa shape index (κ1) is 13.8. The number of allylic oxidation sites excluding steroid dienone is 1. The van der Waals surface area contributed by atoms with Gasteiger partial charge in [0.25, 0.3) is 0 Å². The molecule has 0 saturated heterocycles. The Hall–Kier alpha value is -2.23. The van der Waals surface area contributed by atoms with E-state index in [1.807, 2.05) is 11.5 Å². The molecule has 0 fully saturated rings. The van der Waals surface area contributed by atoms with Gasteiger partial charge in [-0.2, -0.15) is 0 Å². The monoisotopic (exact) mass is 247 g/mol. The molecule has 0 aliphatic carbocycles. The van der Waals surface area contributed by atoms with Crippen molar-refractivity contribution in [3.8, 4) is 0 Å². The second kappa shape index (κ2) is 5.91. The second-order valence-corrected chi connectivity index (χ2v) is 3.80. The van der Waals surface area contributed by atoms with Gasteiger partial charge in [0.05, 0.1) is 12.8 Å². The number of nitrogens with zero attached hydrogens (tertiary/aromatic N) is 1. The number of hydrogen-bond donors (Lipinski definition) is 1. The Bertz CT molecular complexity index is 581. The molecule has 0 spiro atoms. The van der Waals surface area contributed by atoms with Crippen molar-refractivity contribution in [1.82, 2.24) is 4.57 Å². The van der Waals surface area contributed by atoms with Crippen molar-refractivity contribution < 1.29 is 14.6 Å². The highest BCUT2D eigenvalue weighted by Gasteiger charge is 2.09. The summed E-state index contributed by atoms with van der Waals surface area (Å²) in [6, 6.07) is 0. The van der Waals surface area contributed by atoms with E-state index in [1.54, 1.807) is 0 Å². The van der Waals surface area contributed by atoms with Crippen LogP contribution < -0.4 is 10.6 Å². The van der Waals surface area contributed by atoms with E-state index in [0.717, 1.165) is 12.0 Å². The normalized spacial score (nSPS) is 11.3. The summed E-state index contributed by atoms with van der Waals surface area (Å²) in [5.41, 5.74) is 1.30. The Morgan fingerprint density at radius 1 is 1.56 bits per heavy atom. The lowest BCUT2D eigenvalue weighted by Gasteiger charge is -2.06. The minimum absolute atomic E-state index is 0.109. The lowest BCUT2D eigenvalue weighted by molar-refractivity contribution is 0.112. The number of carbonyl (C=O) groups is 1. The Labute approximate surface area is 106 Å². The van der Waals surface area contributed by atoms with Crippen molar-refractivity contribution in [2.24, 2.45) is 0 Å². The third-order valence-electron chi connectivity index (χ3n) is 2.70. The maximum Gasteiger partial charge on any atom is 0.152 e. The van der Waals surface area contributed by atoms with Crippen LogP contribution in [0.4, 0.5) is 0 Å². The van der Waals surface area contributed by atoms with Gasteiger partial charge in [0.15, 0.2) is 6.29 Å². The van der Waals surface area contributed by atoms with E-state index in [2.05, 4.69) is 19.7 Å². The standard InChI is InChI=1S/C14H17NO3/c1-5-18-7-6-15-11(3)13(8-10(2)17)14(9-16)12(15)4/h5,8-9,17H,1-3,6-7H2,4H3/b13-8+. The predicted octanol–water partition coefficient (Wildman–Crippen LogP) is 1.03. The average molecular weight is 247 g/mol. The average Bonchev–Trinajstić information content (AvgIpc) is 2.53. The maximum atomic E-state index is 11.1. The van der Waals surface area contributed by atoms with E-state index in [9.17, 15) is 9.90 Å². The molecule has 0 unspecified atom stereocenters. The maximum absolute atomic E-state index is 11.1. The molecule has 1 aromatic rings. The molecule has 0 amide bonds. The summed E-state index contributed by atoms with van der Waals surface area (Å²) in [6.45, 7) is 13.6. The van der Waals surface area contributed by atoms with Gasteiger partial charge in [-0.3, -0.25) is 4.79 Å². The van der Waals surface area contributed by atoms with Crippen LogP contribution in [0.1, 0.15) is 16.1 Å². The topological polar surface area (TPSA) is 51.5 Å². The molecule has 18 heavy (non-hydrogen) atoms. The first-order chi connectivity index (χ1) is 8.52. The highest BCUT2D eigenvalue weighted by atomic mass is 16.5.